The van der Waals surface area contributed by atoms with Crippen LogP contribution in [0.5, 0.6) is 0 Å². The maximum atomic E-state index is 13.1. The Kier molecular flexibility index (Phi) is 4.65. The Labute approximate surface area is 125 Å². The normalized spacial score (nSPS) is 25.4. The molecule has 1 saturated heterocycles. The van der Waals surface area contributed by atoms with Gasteiger partial charge in [0.05, 0.1) is 5.54 Å². The lowest BCUT2D eigenvalue weighted by Gasteiger charge is -2.51. The molecule has 0 saturated carbocycles. The molecule has 4 heteroatoms. The Morgan fingerprint density at radius 1 is 1.25 bits per heavy atom. The minimum Gasteiger partial charge on any atom is -0.364 e. The van der Waals surface area contributed by atoms with Gasteiger partial charge in [-0.05, 0) is 48.8 Å². The van der Waals surface area contributed by atoms with Crippen LogP contribution in [-0.2, 0) is 0 Å². The first-order valence-corrected chi connectivity index (χ1v) is 8.39. The van der Waals surface area contributed by atoms with Crippen molar-refractivity contribution in [3.05, 3.63) is 30.1 Å². The fraction of sp³-hybridized carbons (Fsp3) is 0.625. The van der Waals surface area contributed by atoms with Crippen LogP contribution < -0.4 is 10.6 Å². The monoisotopic (exact) mass is 296 g/mol. The third-order valence-electron chi connectivity index (χ3n) is 4.08. The lowest BCUT2D eigenvalue weighted by atomic mass is 9.78. The van der Waals surface area contributed by atoms with Crippen molar-refractivity contribution < 1.29 is 4.39 Å². The van der Waals surface area contributed by atoms with Gasteiger partial charge in [0, 0.05) is 24.5 Å². The van der Waals surface area contributed by atoms with Gasteiger partial charge < -0.3 is 10.6 Å². The van der Waals surface area contributed by atoms with Gasteiger partial charge in [0.25, 0.3) is 0 Å². The average Bonchev–Trinajstić information content (AvgIpc) is 2.40. The van der Waals surface area contributed by atoms with E-state index in [9.17, 15) is 4.39 Å². The molecule has 1 fully saturated rings. The minimum absolute atomic E-state index is 0.0288. The molecule has 1 aliphatic heterocycles. The Balaban J connectivity index is 2.34. The van der Waals surface area contributed by atoms with Crippen LogP contribution in [0, 0.1) is 11.2 Å². The molecule has 1 aliphatic rings. The molecule has 1 heterocycles. The van der Waals surface area contributed by atoms with Gasteiger partial charge in [-0.3, -0.25) is 0 Å². The molecule has 20 heavy (non-hydrogen) atoms. The Bertz CT molecular complexity index is 446. The van der Waals surface area contributed by atoms with Crippen molar-refractivity contribution in [1.29, 1.82) is 0 Å². The molecule has 1 atom stereocenters. The van der Waals surface area contributed by atoms with E-state index in [0.29, 0.717) is 6.54 Å². The number of hydrogen-bond donors (Lipinski definition) is 1. The van der Waals surface area contributed by atoms with E-state index >= 15 is 0 Å². The van der Waals surface area contributed by atoms with Crippen LogP contribution >= 0.6 is 11.8 Å². The van der Waals surface area contributed by atoms with Crippen molar-refractivity contribution in [2.45, 2.75) is 32.7 Å². The molecule has 2 rings (SSSR count). The fourth-order valence-corrected chi connectivity index (χ4v) is 4.85. The first-order chi connectivity index (χ1) is 9.42. The molecule has 0 radical (unpaired) electrons. The molecular weight excluding hydrogens is 271 g/mol. The molecule has 0 aromatic heterocycles. The number of anilines is 1. The second kappa shape index (κ2) is 5.94. The predicted octanol–water partition coefficient (Wildman–Crippen LogP) is 3.51. The van der Waals surface area contributed by atoms with Crippen molar-refractivity contribution in [2.75, 3.05) is 29.5 Å². The van der Waals surface area contributed by atoms with Crippen molar-refractivity contribution in [1.82, 2.24) is 0 Å². The van der Waals surface area contributed by atoms with Crippen LogP contribution in [0.25, 0.3) is 0 Å². The molecule has 1 aromatic rings. The highest BCUT2D eigenvalue weighted by atomic mass is 32.2. The molecule has 1 aromatic carbocycles. The smallest absolute Gasteiger partial charge is 0.123 e. The van der Waals surface area contributed by atoms with Gasteiger partial charge in [-0.25, -0.2) is 4.39 Å². The molecule has 112 valence electrons. The van der Waals surface area contributed by atoms with Gasteiger partial charge in [0.15, 0.2) is 0 Å². The van der Waals surface area contributed by atoms with E-state index in [0.717, 1.165) is 24.4 Å². The van der Waals surface area contributed by atoms with Gasteiger partial charge in [-0.1, -0.05) is 13.8 Å². The number of benzene rings is 1. The summed E-state index contributed by atoms with van der Waals surface area (Å²) in [4.78, 5) is 2.36. The number of thioether (sulfide) groups is 1. The molecule has 0 amide bonds. The Hall–Kier alpha value is -0.740. The van der Waals surface area contributed by atoms with Crippen LogP contribution in [0.1, 0.15) is 27.2 Å². The zero-order valence-electron chi connectivity index (χ0n) is 12.7. The van der Waals surface area contributed by atoms with Crippen LogP contribution in [0.4, 0.5) is 10.1 Å². The third kappa shape index (κ3) is 3.12. The number of nitrogens with two attached hydrogens (primary N) is 1. The van der Waals surface area contributed by atoms with E-state index in [-0.39, 0.29) is 16.8 Å². The van der Waals surface area contributed by atoms with Gasteiger partial charge in [0.2, 0.25) is 0 Å². The van der Waals surface area contributed by atoms with Gasteiger partial charge >= 0.3 is 0 Å². The van der Waals surface area contributed by atoms with Gasteiger partial charge in [0.1, 0.15) is 5.82 Å². The van der Waals surface area contributed by atoms with Crippen molar-refractivity contribution in [3.63, 3.8) is 0 Å². The third-order valence-corrected chi connectivity index (χ3v) is 5.81. The maximum absolute atomic E-state index is 13.1. The second-order valence-electron chi connectivity index (χ2n) is 6.48. The maximum Gasteiger partial charge on any atom is 0.123 e. The molecule has 1 unspecified atom stereocenters. The summed E-state index contributed by atoms with van der Waals surface area (Å²) < 4.78 is 13.1. The van der Waals surface area contributed by atoms with Crippen LogP contribution in [-0.4, -0.2) is 30.1 Å². The molecule has 0 bridgehead atoms. The highest BCUT2D eigenvalue weighted by Gasteiger charge is 2.43. The topological polar surface area (TPSA) is 29.3 Å². The molecule has 2 nitrogen and oxygen atoms in total. The molecular formula is C16H25FN2S. The van der Waals surface area contributed by atoms with Crippen LogP contribution in [0.3, 0.4) is 0 Å². The second-order valence-corrected chi connectivity index (χ2v) is 7.47. The van der Waals surface area contributed by atoms with E-state index in [1.807, 2.05) is 23.9 Å². The molecule has 0 spiro atoms. The summed E-state index contributed by atoms with van der Waals surface area (Å²) in [7, 11) is 0. The summed E-state index contributed by atoms with van der Waals surface area (Å²) in [5, 5.41) is 0. The summed E-state index contributed by atoms with van der Waals surface area (Å²) in [6, 6.07) is 6.79. The zero-order valence-corrected chi connectivity index (χ0v) is 13.5. The predicted molar refractivity (Wildman–Crippen MR) is 86.9 cm³/mol. The first-order valence-electron chi connectivity index (χ1n) is 7.23. The lowest BCUT2D eigenvalue weighted by Crippen LogP contribution is -2.60. The van der Waals surface area contributed by atoms with E-state index in [1.165, 1.54) is 17.9 Å². The molecule has 0 aliphatic carbocycles. The van der Waals surface area contributed by atoms with Gasteiger partial charge in [-0.15, -0.1) is 0 Å². The van der Waals surface area contributed by atoms with E-state index < -0.39 is 0 Å². The number of nitrogens with zero attached hydrogens (tertiary/aromatic N) is 1. The van der Waals surface area contributed by atoms with Crippen LogP contribution in [0.15, 0.2) is 24.3 Å². The average molecular weight is 296 g/mol. The quantitative estimate of drug-likeness (QED) is 0.922. The minimum atomic E-state index is -0.190. The number of rotatable bonds is 4. The van der Waals surface area contributed by atoms with E-state index in [2.05, 4.69) is 25.7 Å². The van der Waals surface area contributed by atoms with Crippen molar-refractivity contribution in [2.24, 2.45) is 11.1 Å². The first kappa shape index (κ1) is 15.6. The summed E-state index contributed by atoms with van der Waals surface area (Å²) in [6.45, 7) is 8.28. The number of likely N-dealkylation sites (N-methyl/N-ethyl adjacent to an activating group) is 1. The summed E-state index contributed by atoms with van der Waals surface area (Å²) in [5.74, 6) is 2.03. The highest BCUT2D eigenvalue weighted by molar-refractivity contribution is 7.99. The van der Waals surface area contributed by atoms with Crippen molar-refractivity contribution >= 4 is 17.4 Å². The van der Waals surface area contributed by atoms with E-state index in [4.69, 9.17) is 5.73 Å². The Morgan fingerprint density at radius 3 is 2.40 bits per heavy atom. The van der Waals surface area contributed by atoms with Crippen LogP contribution in [0.2, 0.25) is 0 Å². The SMILES string of the molecule is CCN(c1ccc(F)cc1)C1(CN)CSCC(C)(C)C1. The number of hydrogen-bond acceptors (Lipinski definition) is 3. The summed E-state index contributed by atoms with van der Waals surface area (Å²) in [6.07, 6.45) is 1.08. The summed E-state index contributed by atoms with van der Waals surface area (Å²) in [5.41, 5.74) is 7.50. The summed E-state index contributed by atoms with van der Waals surface area (Å²) >= 11 is 1.98. The zero-order chi connectivity index (χ0) is 14.8. The van der Waals surface area contributed by atoms with E-state index in [1.54, 1.807) is 0 Å². The molecule has 2 N–H and O–H groups in total. The number of halogens is 1. The fourth-order valence-electron chi connectivity index (χ4n) is 3.34. The van der Waals surface area contributed by atoms with Crippen molar-refractivity contribution in [3.8, 4) is 0 Å². The lowest BCUT2D eigenvalue weighted by molar-refractivity contribution is 0.260. The highest BCUT2D eigenvalue weighted by Crippen LogP contribution is 2.43. The standard InChI is InChI=1S/C16H25FN2S/c1-4-19(14-7-5-13(17)6-8-14)16(10-18)9-15(2,3)11-20-12-16/h5-8H,4,9-12,18H2,1-3H3. The largest absolute Gasteiger partial charge is 0.364 e. The Morgan fingerprint density at radius 2 is 1.90 bits per heavy atom. The van der Waals surface area contributed by atoms with Gasteiger partial charge in [-0.2, -0.15) is 11.8 Å².